The summed E-state index contributed by atoms with van der Waals surface area (Å²) in [6, 6.07) is 6.34. The molecular formula is C11H11BrFN3. The zero-order valence-corrected chi connectivity index (χ0v) is 10.3. The fourth-order valence-corrected chi connectivity index (χ4v) is 1.84. The van der Waals surface area contributed by atoms with E-state index in [0.29, 0.717) is 12.2 Å². The lowest BCUT2D eigenvalue weighted by molar-refractivity contribution is 0.625. The van der Waals surface area contributed by atoms with Crippen LogP contribution in [0.25, 0.3) is 5.69 Å². The Morgan fingerprint density at radius 3 is 3.00 bits per heavy atom. The molecule has 0 atom stereocenters. The van der Waals surface area contributed by atoms with E-state index in [1.807, 2.05) is 19.3 Å². The van der Waals surface area contributed by atoms with Crippen molar-refractivity contribution < 1.29 is 4.39 Å². The predicted octanol–water partition coefficient (Wildman–Crippen LogP) is 2.49. The Kier molecular flexibility index (Phi) is 3.36. The van der Waals surface area contributed by atoms with E-state index in [-0.39, 0.29) is 5.82 Å². The van der Waals surface area contributed by atoms with Gasteiger partial charge in [-0.05, 0) is 41.2 Å². The second-order valence-electron chi connectivity index (χ2n) is 3.38. The average Bonchev–Trinajstić information content (AvgIpc) is 2.61. The van der Waals surface area contributed by atoms with Crippen LogP contribution >= 0.6 is 15.9 Å². The van der Waals surface area contributed by atoms with Crippen LogP contribution in [0, 0.1) is 5.82 Å². The highest BCUT2D eigenvalue weighted by molar-refractivity contribution is 9.10. The molecule has 0 saturated heterocycles. The maximum atomic E-state index is 13.0. The Labute approximate surface area is 101 Å². The van der Waals surface area contributed by atoms with Crippen molar-refractivity contribution in [2.24, 2.45) is 0 Å². The highest BCUT2D eigenvalue weighted by Crippen LogP contribution is 2.18. The van der Waals surface area contributed by atoms with Gasteiger partial charge in [-0.3, -0.25) is 0 Å². The van der Waals surface area contributed by atoms with Crippen LogP contribution in [0.1, 0.15) is 5.69 Å². The fourth-order valence-electron chi connectivity index (χ4n) is 1.43. The van der Waals surface area contributed by atoms with E-state index in [2.05, 4.69) is 26.3 Å². The summed E-state index contributed by atoms with van der Waals surface area (Å²) in [7, 11) is 1.85. The third-order valence-electron chi connectivity index (χ3n) is 2.16. The molecular weight excluding hydrogens is 273 g/mol. The van der Waals surface area contributed by atoms with E-state index in [1.54, 1.807) is 10.7 Å². The summed E-state index contributed by atoms with van der Waals surface area (Å²) in [5.74, 6) is -0.265. The minimum absolute atomic E-state index is 0.265. The minimum Gasteiger partial charge on any atom is -0.314 e. The number of benzene rings is 1. The Morgan fingerprint density at radius 1 is 1.50 bits per heavy atom. The standard InChI is InChI=1S/C11H11BrFN3/c1-14-6-11-10(12)7-16(15-11)9-4-2-3-8(13)5-9/h2-5,7,14H,6H2,1H3. The minimum atomic E-state index is -0.265. The van der Waals surface area contributed by atoms with Crippen LogP contribution in [0.5, 0.6) is 0 Å². The van der Waals surface area contributed by atoms with Crippen LogP contribution in [0.15, 0.2) is 34.9 Å². The maximum absolute atomic E-state index is 13.0. The largest absolute Gasteiger partial charge is 0.314 e. The molecule has 0 radical (unpaired) electrons. The number of nitrogens with zero attached hydrogens (tertiary/aromatic N) is 2. The van der Waals surface area contributed by atoms with E-state index in [4.69, 9.17) is 0 Å². The molecule has 0 amide bonds. The molecule has 2 rings (SSSR count). The van der Waals surface area contributed by atoms with E-state index in [0.717, 1.165) is 10.2 Å². The van der Waals surface area contributed by atoms with Crippen LogP contribution in [-0.2, 0) is 6.54 Å². The molecule has 0 unspecified atom stereocenters. The van der Waals surface area contributed by atoms with Gasteiger partial charge in [-0.15, -0.1) is 0 Å². The van der Waals surface area contributed by atoms with Gasteiger partial charge >= 0.3 is 0 Å². The van der Waals surface area contributed by atoms with E-state index in [1.165, 1.54) is 12.1 Å². The first kappa shape index (κ1) is 11.3. The maximum Gasteiger partial charge on any atom is 0.125 e. The molecule has 1 aromatic carbocycles. The predicted molar refractivity (Wildman–Crippen MR) is 64.0 cm³/mol. The number of halogens is 2. The van der Waals surface area contributed by atoms with Gasteiger partial charge < -0.3 is 5.32 Å². The van der Waals surface area contributed by atoms with E-state index >= 15 is 0 Å². The molecule has 0 spiro atoms. The lowest BCUT2D eigenvalue weighted by Crippen LogP contribution is -2.07. The van der Waals surface area contributed by atoms with Gasteiger partial charge in [-0.25, -0.2) is 9.07 Å². The molecule has 1 heterocycles. The molecule has 0 fully saturated rings. The summed E-state index contributed by atoms with van der Waals surface area (Å²) in [4.78, 5) is 0. The van der Waals surface area contributed by atoms with Gasteiger partial charge in [0.05, 0.1) is 15.9 Å². The second kappa shape index (κ2) is 4.76. The molecule has 2 aromatic rings. The third-order valence-corrected chi connectivity index (χ3v) is 2.82. The van der Waals surface area contributed by atoms with Crippen LogP contribution in [0.3, 0.4) is 0 Å². The molecule has 0 aliphatic carbocycles. The zero-order chi connectivity index (χ0) is 11.5. The smallest absolute Gasteiger partial charge is 0.125 e. The Morgan fingerprint density at radius 2 is 2.31 bits per heavy atom. The summed E-state index contributed by atoms with van der Waals surface area (Å²) in [5.41, 5.74) is 1.61. The van der Waals surface area contributed by atoms with Crippen molar-refractivity contribution in [3.8, 4) is 5.69 Å². The zero-order valence-electron chi connectivity index (χ0n) is 8.74. The number of hydrogen-bond acceptors (Lipinski definition) is 2. The molecule has 1 N–H and O–H groups in total. The van der Waals surface area contributed by atoms with Crippen molar-refractivity contribution in [3.63, 3.8) is 0 Å². The third kappa shape index (κ3) is 2.31. The summed E-state index contributed by atoms with van der Waals surface area (Å²) in [6.07, 6.45) is 1.82. The Balaban J connectivity index is 2.37. The van der Waals surface area contributed by atoms with Gasteiger partial charge in [0.15, 0.2) is 0 Å². The summed E-state index contributed by atoms with van der Waals surface area (Å²) >= 11 is 3.42. The molecule has 0 saturated carbocycles. The van der Waals surface area contributed by atoms with E-state index < -0.39 is 0 Å². The molecule has 16 heavy (non-hydrogen) atoms. The first-order valence-corrected chi connectivity index (χ1v) is 5.64. The van der Waals surface area contributed by atoms with Gasteiger partial charge in [0, 0.05) is 12.7 Å². The molecule has 3 nitrogen and oxygen atoms in total. The van der Waals surface area contributed by atoms with Crippen molar-refractivity contribution in [3.05, 3.63) is 46.4 Å². The first-order valence-electron chi connectivity index (χ1n) is 4.85. The van der Waals surface area contributed by atoms with Crippen LogP contribution in [0.2, 0.25) is 0 Å². The van der Waals surface area contributed by atoms with Crippen molar-refractivity contribution >= 4 is 15.9 Å². The summed E-state index contributed by atoms with van der Waals surface area (Å²) in [5, 5.41) is 7.37. The molecule has 0 aliphatic heterocycles. The van der Waals surface area contributed by atoms with Crippen molar-refractivity contribution in [1.82, 2.24) is 15.1 Å². The van der Waals surface area contributed by atoms with Crippen LogP contribution < -0.4 is 5.32 Å². The van der Waals surface area contributed by atoms with Crippen molar-refractivity contribution in [2.45, 2.75) is 6.54 Å². The quantitative estimate of drug-likeness (QED) is 0.938. The summed E-state index contributed by atoms with van der Waals surface area (Å²) in [6.45, 7) is 0.670. The normalized spacial score (nSPS) is 10.7. The van der Waals surface area contributed by atoms with Gasteiger partial charge in [0.1, 0.15) is 5.82 Å². The van der Waals surface area contributed by atoms with Crippen LogP contribution in [-0.4, -0.2) is 16.8 Å². The van der Waals surface area contributed by atoms with Gasteiger partial charge in [-0.1, -0.05) is 6.07 Å². The molecule has 1 aromatic heterocycles. The lowest BCUT2D eigenvalue weighted by Gasteiger charge is -2.00. The second-order valence-corrected chi connectivity index (χ2v) is 4.23. The number of aromatic nitrogens is 2. The SMILES string of the molecule is CNCc1nn(-c2cccc(F)c2)cc1Br. The van der Waals surface area contributed by atoms with Crippen molar-refractivity contribution in [1.29, 1.82) is 0 Å². The summed E-state index contributed by atoms with van der Waals surface area (Å²) < 4.78 is 15.6. The number of rotatable bonds is 3. The molecule has 0 bridgehead atoms. The Bertz CT molecular complexity index is 496. The van der Waals surface area contributed by atoms with Gasteiger partial charge in [0.25, 0.3) is 0 Å². The highest BCUT2D eigenvalue weighted by Gasteiger charge is 2.07. The van der Waals surface area contributed by atoms with Gasteiger partial charge in [0.2, 0.25) is 0 Å². The fraction of sp³-hybridized carbons (Fsp3) is 0.182. The van der Waals surface area contributed by atoms with Crippen LogP contribution in [0.4, 0.5) is 4.39 Å². The Hall–Kier alpha value is -1.20. The first-order chi connectivity index (χ1) is 7.70. The van der Waals surface area contributed by atoms with Gasteiger partial charge in [-0.2, -0.15) is 5.10 Å². The molecule has 0 aliphatic rings. The van der Waals surface area contributed by atoms with Crippen molar-refractivity contribution in [2.75, 3.05) is 7.05 Å². The molecule has 5 heteroatoms. The van der Waals surface area contributed by atoms with E-state index in [9.17, 15) is 4.39 Å². The lowest BCUT2D eigenvalue weighted by atomic mass is 10.3. The highest BCUT2D eigenvalue weighted by atomic mass is 79.9. The number of nitrogens with one attached hydrogen (secondary N) is 1. The monoisotopic (exact) mass is 283 g/mol. The average molecular weight is 284 g/mol. The molecule has 84 valence electrons. The number of hydrogen-bond donors (Lipinski definition) is 1. The topological polar surface area (TPSA) is 29.9 Å².